The molecule has 1 atom stereocenters. The molecule has 1 aromatic carbocycles. The number of aromatic nitrogens is 2. The predicted octanol–water partition coefficient (Wildman–Crippen LogP) is 5.11. The number of anilines is 1. The Morgan fingerprint density at radius 2 is 1.88 bits per heavy atom. The zero-order valence-corrected chi connectivity index (χ0v) is 14.8. The third-order valence-electron chi connectivity index (χ3n) is 4.54. The van der Waals surface area contributed by atoms with Crippen LogP contribution in [0.3, 0.4) is 0 Å². The normalized spacial score (nSPS) is 15.9. The lowest BCUT2D eigenvalue weighted by Gasteiger charge is -2.34. The van der Waals surface area contributed by atoms with Crippen LogP contribution in [0.5, 0.6) is 0 Å². The number of fused-ring (bicyclic) bond motifs is 1. The van der Waals surface area contributed by atoms with Gasteiger partial charge in [-0.05, 0) is 41.8 Å². The molecule has 1 unspecified atom stereocenters. The Morgan fingerprint density at radius 1 is 1.12 bits per heavy atom. The van der Waals surface area contributed by atoms with Gasteiger partial charge in [0.15, 0.2) is 5.82 Å². The average molecular weight is 369 g/mol. The number of H-pyrrole nitrogens is 1. The van der Waals surface area contributed by atoms with Crippen LogP contribution in [-0.2, 0) is 0 Å². The second kappa shape index (κ2) is 7.30. The number of rotatable bonds is 5. The van der Waals surface area contributed by atoms with Crippen molar-refractivity contribution in [2.24, 2.45) is 4.99 Å². The highest BCUT2D eigenvalue weighted by Crippen LogP contribution is 2.44. The highest BCUT2D eigenvalue weighted by molar-refractivity contribution is 6.17. The maximum Gasteiger partial charge on any atom is 0.154 e. The highest BCUT2D eigenvalue weighted by atomic mass is 35.5. The van der Waals surface area contributed by atoms with Crippen molar-refractivity contribution in [2.75, 3.05) is 17.3 Å². The second-order valence-electron chi connectivity index (χ2n) is 6.15. The Morgan fingerprint density at radius 3 is 2.62 bits per heavy atom. The van der Waals surface area contributed by atoms with Crippen LogP contribution in [0.1, 0.15) is 18.0 Å². The molecule has 0 radical (unpaired) electrons. The van der Waals surface area contributed by atoms with Crippen molar-refractivity contribution in [1.29, 1.82) is 0 Å². The van der Waals surface area contributed by atoms with Gasteiger partial charge in [-0.15, -0.1) is 11.6 Å². The van der Waals surface area contributed by atoms with Crippen molar-refractivity contribution >= 4 is 29.3 Å². The number of pyridine rings is 1. The number of nitrogens with one attached hydrogen (secondary N) is 1. The fourth-order valence-corrected chi connectivity index (χ4v) is 3.44. The first-order valence-corrected chi connectivity index (χ1v) is 9.05. The maximum atomic E-state index is 13.3. The van der Waals surface area contributed by atoms with Gasteiger partial charge in [0.2, 0.25) is 0 Å². The lowest BCUT2D eigenvalue weighted by molar-refractivity contribution is 0.628. The molecule has 4 rings (SSSR count). The Balaban J connectivity index is 1.79. The number of benzene rings is 1. The molecule has 6 heteroatoms. The third-order valence-corrected chi connectivity index (χ3v) is 4.80. The number of nitrogens with zero attached hydrogens (tertiary/aromatic N) is 3. The van der Waals surface area contributed by atoms with Crippen LogP contribution in [0.2, 0.25) is 0 Å². The van der Waals surface area contributed by atoms with E-state index in [1.54, 1.807) is 24.5 Å². The number of alkyl halides is 1. The molecule has 3 heterocycles. The minimum absolute atomic E-state index is 0.00344. The van der Waals surface area contributed by atoms with Gasteiger partial charge >= 0.3 is 0 Å². The number of aliphatic imine (C=N–C) groups is 1. The summed E-state index contributed by atoms with van der Waals surface area (Å²) in [6.45, 7) is 0.793. The zero-order valence-electron chi connectivity index (χ0n) is 14.1. The average Bonchev–Trinajstić information content (AvgIpc) is 3.12. The summed E-state index contributed by atoms with van der Waals surface area (Å²) < 4.78 is 13.3. The molecular weight excluding hydrogens is 351 g/mol. The summed E-state index contributed by atoms with van der Waals surface area (Å²) in [5, 5.41) is 0. The van der Waals surface area contributed by atoms with Crippen LogP contribution in [0, 0.1) is 5.82 Å². The van der Waals surface area contributed by atoms with E-state index in [0.29, 0.717) is 5.88 Å². The van der Waals surface area contributed by atoms with Gasteiger partial charge in [0.05, 0.1) is 11.7 Å². The molecule has 1 N–H and O–H groups in total. The van der Waals surface area contributed by atoms with Crippen molar-refractivity contribution in [2.45, 2.75) is 12.5 Å². The Labute approximate surface area is 156 Å². The lowest BCUT2D eigenvalue weighted by atomic mass is 10.0. The van der Waals surface area contributed by atoms with E-state index in [4.69, 9.17) is 11.6 Å². The fraction of sp³-hybridized carbons (Fsp3) is 0.200. The zero-order chi connectivity index (χ0) is 17.9. The van der Waals surface area contributed by atoms with Gasteiger partial charge in [0.25, 0.3) is 0 Å². The molecule has 132 valence electrons. The molecule has 1 aliphatic heterocycles. The van der Waals surface area contributed by atoms with Crippen LogP contribution in [0.25, 0.3) is 11.1 Å². The number of aromatic amines is 1. The first-order valence-electron chi connectivity index (χ1n) is 8.52. The number of halogens is 2. The van der Waals surface area contributed by atoms with E-state index in [1.165, 1.54) is 12.1 Å². The molecule has 0 spiro atoms. The first kappa shape index (κ1) is 16.8. The molecule has 0 aliphatic carbocycles. The molecule has 26 heavy (non-hydrogen) atoms. The lowest BCUT2D eigenvalue weighted by Crippen LogP contribution is -2.33. The second-order valence-corrected chi connectivity index (χ2v) is 6.52. The van der Waals surface area contributed by atoms with Crippen LogP contribution in [0.4, 0.5) is 15.9 Å². The Bertz CT molecular complexity index is 905. The summed E-state index contributed by atoms with van der Waals surface area (Å²) in [5.41, 5.74) is 4.09. The van der Waals surface area contributed by atoms with Gasteiger partial charge < -0.3 is 9.88 Å². The van der Waals surface area contributed by atoms with Crippen molar-refractivity contribution in [3.05, 3.63) is 66.4 Å². The molecule has 3 aromatic rings. The monoisotopic (exact) mass is 368 g/mol. The van der Waals surface area contributed by atoms with Crippen molar-refractivity contribution in [3.63, 3.8) is 0 Å². The largest absolute Gasteiger partial charge is 0.356 e. The maximum absolute atomic E-state index is 13.3. The number of hydrogen-bond acceptors (Lipinski definition) is 3. The van der Waals surface area contributed by atoms with E-state index in [0.717, 1.165) is 41.2 Å². The molecule has 1 aliphatic rings. The topological polar surface area (TPSA) is 44.3 Å². The van der Waals surface area contributed by atoms with Gasteiger partial charge in [-0.25, -0.2) is 9.38 Å². The van der Waals surface area contributed by atoms with E-state index in [1.807, 2.05) is 24.5 Å². The minimum atomic E-state index is -0.246. The van der Waals surface area contributed by atoms with Gasteiger partial charge in [-0.3, -0.25) is 4.98 Å². The van der Waals surface area contributed by atoms with E-state index < -0.39 is 0 Å². The van der Waals surface area contributed by atoms with E-state index in [-0.39, 0.29) is 11.9 Å². The molecule has 0 saturated carbocycles. The molecule has 0 fully saturated rings. The first-order chi connectivity index (χ1) is 12.8. The summed E-state index contributed by atoms with van der Waals surface area (Å²) in [6, 6.07) is 10.5. The molecule has 4 nitrogen and oxygen atoms in total. The van der Waals surface area contributed by atoms with Crippen LogP contribution < -0.4 is 4.90 Å². The van der Waals surface area contributed by atoms with Gasteiger partial charge in [-0.1, -0.05) is 12.1 Å². The van der Waals surface area contributed by atoms with E-state index >= 15 is 0 Å². The quantitative estimate of drug-likeness (QED) is 0.636. The minimum Gasteiger partial charge on any atom is -0.356 e. The standard InChI is InChI=1S/C20H18ClFN4/c21-8-1-11-26-18(15-6-9-23-10-7-15)13-25-20-19(26)17(12-24-20)14-2-4-16(22)5-3-14/h2-7,9-10,12-13,18,24H,1,8,11H2. The predicted molar refractivity (Wildman–Crippen MR) is 104 cm³/mol. The highest BCUT2D eigenvalue weighted by Gasteiger charge is 2.28. The SMILES string of the molecule is Fc1ccc(-c2c[nH]c3c2N(CCCCl)C(c2ccncc2)C=N3)cc1. The third kappa shape index (κ3) is 3.10. The molecule has 0 amide bonds. The summed E-state index contributed by atoms with van der Waals surface area (Å²) >= 11 is 5.97. The Hall–Kier alpha value is -2.66. The number of hydrogen-bond donors (Lipinski definition) is 1. The summed E-state index contributed by atoms with van der Waals surface area (Å²) in [4.78, 5) is 14.3. The molecule has 0 saturated heterocycles. The molecule has 0 bridgehead atoms. The fourth-order valence-electron chi connectivity index (χ4n) is 3.32. The van der Waals surface area contributed by atoms with Crippen LogP contribution in [0.15, 0.2) is 60.0 Å². The smallest absolute Gasteiger partial charge is 0.154 e. The van der Waals surface area contributed by atoms with Gasteiger partial charge in [0.1, 0.15) is 5.82 Å². The van der Waals surface area contributed by atoms with Gasteiger partial charge in [0, 0.05) is 42.8 Å². The van der Waals surface area contributed by atoms with E-state index in [9.17, 15) is 4.39 Å². The molecular formula is C20H18ClFN4. The van der Waals surface area contributed by atoms with Crippen LogP contribution >= 0.6 is 11.6 Å². The summed E-state index contributed by atoms with van der Waals surface area (Å²) in [7, 11) is 0. The van der Waals surface area contributed by atoms with Crippen molar-refractivity contribution in [3.8, 4) is 11.1 Å². The summed E-state index contributed by atoms with van der Waals surface area (Å²) in [5.74, 6) is 1.15. The Kier molecular flexibility index (Phi) is 4.71. The van der Waals surface area contributed by atoms with Crippen LogP contribution in [-0.4, -0.2) is 28.6 Å². The van der Waals surface area contributed by atoms with Crippen molar-refractivity contribution < 1.29 is 4.39 Å². The summed E-state index contributed by atoms with van der Waals surface area (Å²) in [6.07, 6.45) is 8.30. The van der Waals surface area contributed by atoms with Crippen molar-refractivity contribution in [1.82, 2.24) is 9.97 Å². The van der Waals surface area contributed by atoms with E-state index in [2.05, 4.69) is 19.9 Å². The van der Waals surface area contributed by atoms with Gasteiger partial charge in [-0.2, -0.15) is 0 Å². The molecule has 2 aromatic heterocycles.